The fourth-order valence-corrected chi connectivity index (χ4v) is 2.74. The van der Waals surface area contributed by atoms with E-state index in [2.05, 4.69) is 18.7 Å². The molecule has 3 rings (SSSR count). The lowest BCUT2D eigenvalue weighted by Gasteiger charge is -2.18. The van der Waals surface area contributed by atoms with Crippen LogP contribution in [0.15, 0.2) is 47.4 Å². The largest absolute Gasteiger partial charge is 0.308 e. The summed E-state index contributed by atoms with van der Waals surface area (Å²) in [4.78, 5) is 15.4. The molecule has 0 unspecified atom stereocenters. The molecule has 2 nitrogen and oxygen atoms in total. The predicted molar refractivity (Wildman–Crippen MR) is 80.3 cm³/mol. The van der Waals surface area contributed by atoms with Crippen LogP contribution in [0.3, 0.4) is 0 Å². The zero-order valence-electron chi connectivity index (χ0n) is 10.8. The summed E-state index contributed by atoms with van der Waals surface area (Å²) in [6.07, 6.45) is 0.932. The SMILES string of the molecule is Cc1ccc(S)cc1C(=O)N1CCc2ccccc21. The van der Waals surface area contributed by atoms with Crippen LogP contribution in [-0.4, -0.2) is 12.5 Å². The van der Waals surface area contributed by atoms with Gasteiger partial charge in [0.2, 0.25) is 0 Å². The fourth-order valence-electron chi connectivity index (χ4n) is 2.54. The minimum absolute atomic E-state index is 0.0679. The Bertz CT molecular complexity index is 651. The molecule has 0 aromatic heterocycles. The first-order chi connectivity index (χ1) is 9.16. The Balaban J connectivity index is 2.00. The Morgan fingerprint density at radius 3 is 2.84 bits per heavy atom. The molecule has 96 valence electrons. The maximum atomic E-state index is 12.7. The van der Waals surface area contributed by atoms with Crippen molar-refractivity contribution < 1.29 is 4.79 Å². The number of anilines is 1. The molecule has 0 atom stereocenters. The van der Waals surface area contributed by atoms with Gasteiger partial charge in [-0.3, -0.25) is 4.79 Å². The number of aryl methyl sites for hydroxylation is 1. The number of hydrogen-bond acceptors (Lipinski definition) is 2. The third-order valence-corrected chi connectivity index (χ3v) is 3.86. The minimum Gasteiger partial charge on any atom is -0.308 e. The van der Waals surface area contributed by atoms with E-state index in [-0.39, 0.29) is 5.91 Å². The van der Waals surface area contributed by atoms with Crippen molar-refractivity contribution in [2.24, 2.45) is 0 Å². The van der Waals surface area contributed by atoms with Crippen molar-refractivity contribution in [2.75, 3.05) is 11.4 Å². The van der Waals surface area contributed by atoms with Crippen LogP contribution in [0.25, 0.3) is 0 Å². The molecule has 2 aromatic carbocycles. The van der Waals surface area contributed by atoms with Crippen LogP contribution in [0.2, 0.25) is 0 Å². The smallest absolute Gasteiger partial charge is 0.258 e. The van der Waals surface area contributed by atoms with E-state index in [1.165, 1.54) is 5.56 Å². The molecule has 1 aliphatic heterocycles. The number of nitrogens with zero attached hydrogens (tertiary/aromatic N) is 1. The van der Waals surface area contributed by atoms with Crippen molar-refractivity contribution in [3.63, 3.8) is 0 Å². The van der Waals surface area contributed by atoms with Crippen LogP contribution >= 0.6 is 12.6 Å². The van der Waals surface area contributed by atoms with Gasteiger partial charge in [-0.15, -0.1) is 12.6 Å². The van der Waals surface area contributed by atoms with Gasteiger partial charge in [-0.25, -0.2) is 0 Å². The third-order valence-electron chi connectivity index (χ3n) is 3.58. The Hall–Kier alpha value is -1.74. The van der Waals surface area contributed by atoms with Gasteiger partial charge in [-0.05, 0) is 42.7 Å². The normalized spacial score (nSPS) is 13.5. The van der Waals surface area contributed by atoms with Crippen LogP contribution in [0.1, 0.15) is 21.5 Å². The number of rotatable bonds is 1. The van der Waals surface area contributed by atoms with Crippen LogP contribution in [0, 0.1) is 6.92 Å². The fraction of sp³-hybridized carbons (Fsp3) is 0.188. The molecule has 0 radical (unpaired) electrons. The minimum atomic E-state index is 0.0679. The highest BCUT2D eigenvalue weighted by Crippen LogP contribution is 2.29. The average molecular weight is 269 g/mol. The van der Waals surface area contributed by atoms with Crippen LogP contribution < -0.4 is 4.90 Å². The Kier molecular flexibility index (Phi) is 3.07. The highest BCUT2D eigenvalue weighted by molar-refractivity contribution is 7.80. The van der Waals surface area contributed by atoms with Gasteiger partial charge in [0.1, 0.15) is 0 Å². The van der Waals surface area contributed by atoms with E-state index >= 15 is 0 Å². The molecule has 19 heavy (non-hydrogen) atoms. The third kappa shape index (κ3) is 2.15. The van der Waals surface area contributed by atoms with E-state index in [0.29, 0.717) is 0 Å². The second-order valence-electron chi connectivity index (χ2n) is 4.83. The summed E-state index contributed by atoms with van der Waals surface area (Å²) in [6.45, 7) is 2.72. The Labute approximate surface area is 118 Å². The van der Waals surface area contributed by atoms with Gasteiger partial charge < -0.3 is 4.90 Å². The van der Waals surface area contributed by atoms with Gasteiger partial charge in [-0.1, -0.05) is 24.3 Å². The lowest BCUT2D eigenvalue weighted by molar-refractivity contribution is 0.0988. The summed E-state index contributed by atoms with van der Waals surface area (Å²) >= 11 is 4.32. The van der Waals surface area contributed by atoms with E-state index in [0.717, 1.165) is 34.7 Å². The number of para-hydroxylation sites is 1. The van der Waals surface area contributed by atoms with Crippen molar-refractivity contribution >= 4 is 24.2 Å². The summed E-state index contributed by atoms with van der Waals surface area (Å²) in [5.74, 6) is 0.0679. The summed E-state index contributed by atoms with van der Waals surface area (Å²) in [5.41, 5.74) is 4.02. The molecule has 1 amide bonds. The summed E-state index contributed by atoms with van der Waals surface area (Å²) in [5, 5.41) is 0. The van der Waals surface area contributed by atoms with Crippen molar-refractivity contribution in [1.29, 1.82) is 0 Å². The number of fused-ring (bicyclic) bond motifs is 1. The van der Waals surface area contributed by atoms with Crippen LogP contribution in [0.5, 0.6) is 0 Å². The molecule has 0 bridgehead atoms. The monoisotopic (exact) mass is 269 g/mol. The molecular formula is C16H15NOS. The van der Waals surface area contributed by atoms with E-state index in [4.69, 9.17) is 0 Å². The molecule has 0 saturated carbocycles. The lowest BCUT2D eigenvalue weighted by Crippen LogP contribution is -2.29. The molecular weight excluding hydrogens is 254 g/mol. The molecule has 0 N–H and O–H groups in total. The summed E-state index contributed by atoms with van der Waals surface area (Å²) in [6, 6.07) is 13.8. The molecule has 0 fully saturated rings. The predicted octanol–water partition coefficient (Wildman–Crippen LogP) is 3.49. The lowest BCUT2D eigenvalue weighted by atomic mass is 10.1. The topological polar surface area (TPSA) is 20.3 Å². The molecule has 1 aliphatic rings. The maximum absolute atomic E-state index is 12.7. The molecule has 0 aliphatic carbocycles. The zero-order chi connectivity index (χ0) is 13.4. The van der Waals surface area contributed by atoms with Crippen LogP contribution in [0.4, 0.5) is 5.69 Å². The number of benzene rings is 2. The Morgan fingerprint density at radius 2 is 2.00 bits per heavy atom. The van der Waals surface area contributed by atoms with Gasteiger partial charge in [-0.2, -0.15) is 0 Å². The first-order valence-electron chi connectivity index (χ1n) is 6.36. The molecule has 0 spiro atoms. The van der Waals surface area contributed by atoms with E-state index in [9.17, 15) is 4.79 Å². The maximum Gasteiger partial charge on any atom is 0.258 e. The number of thiol groups is 1. The first kappa shape index (κ1) is 12.3. The second-order valence-corrected chi connectivity index (χ2v) is 5.35. The molecule has 2 aromatic rings. The zero-order valence-corrected chi connectivity index (χ0v) is 11.7. The highest BCUT2D eigenvalue weighted by atomic mass is 32.1. The molecule has 3 heteroatoms. The van der Waals surface area contributed by atoms with E-state index in [1.54, 1.807) is 0 Å². The number of carbonyl (C=O) groups excluding carboxylic acids is 1. The van der Waals surface area contributed by atoms with E-state index in [1.807, 2.05) is 48.2 Å². The highest BCUT2D eigenvalue weighted by Gasteiger charge is 2.25. The molecule has 1 heterocycles. The van der Waals surface area contributed by atoms with Gasteiger partial charge >= 0.3 is 0 Å². The quantitative estimate of drug-likeness (QED) is 0.786. The number of hydrogen-bond donors (Lipinski definition) is 1. The van der Waals surface area contributed by atoms with Crippen molar-refractivity contribution in [1.82, 2.24) is 0 Å². The molecule has 0 saturated heterocycles. The van der Waals surface area contributed by atoms with Crippen LogP contribution in [-0.2, 0) is 6.42 Å². The van der Waals surface area contributed by atoms with Gasteiger partial charge in [0.05, 0.1) is 0 Å². The van der Waals surface area contributed by atoms with Crippen molar-refractivity contribution in [2.45, 2.75) is 18.2 Å². The summed E-state index contributed by atoms with van der Waals surface area (Å²) in [7, 11) is 0. The van der Waals surface area contributed by atoms with Crippen molar-refractivity contribution in [3.8, 4) is 0 Å². The average Bonchev–Trinajstić information content (AvgIpc) is 2.84. The Morgan fingerprint density at radius 1 is 1.21 bits per heavy atom. The van der Waals surface area contributed by atoms with Gasteiger partial charge in [0.15, 0.2) is 0 Å². The standard InChI is InChI=1S/C16H15NOS/c1-11-6-7-13(19)10-14(11)16(18)17-9-8-12-4-2-3-5-15(12)17/h2-7,10,19H,8-9H2,1H3. The first-order valence-corrected chi connectivity index (χ1v) is 6.81. The number of carbonyl (C=O) groups is 1. The van der Waals surface area contributed by atoms with Crippen molar-refractivity contribution in [3.05, 3.63) is 59.2 Å². The summed E-state index contributed by atoms with van der Waals surface area (Å²) < 4.78 is 0. The second kappa shape index (κ2) is 4.74. The van der Waals surface area contributed by atoms with Gasteiger partial charge in [0, 0.05) is 22.7 Å². The van der Waals surface area contributed by atoms with Gasteiger partial charge in [0.25, 0.3) is 5.91 Å². The van der Waals surface area contributed by atoms with E-state index < -0.39 is 0 Å². The number of amides is 1.